The Kier molecular flexibility index (Phi) is 11.5. The molecule has 17 heteroatoms. The summed E-state index contributed by atoms with van der Waals surface area (Å²) in [7, 11) is -6.99. The number of pyridine rings is 2. The van der Waals surface area contributed by atoms with Crippen LogP contribution >= 0.6 is 0 Å². The number of carbonyl (C=O) groups excluding carboxylic acids is 1. The van der Waals surface area contributed by atoms with E-state index >= 15 is 0 Å². The number of aromatic nitrogens is 4. The predicted octanol–water partition coefficient (Wildman–Crippen LogP) is 5.20. The van der Waals surface area contributed by atoms with Crippen LogP contribution in [0.25, 0.3) is 11.5 Å². The number of hydrogen-bond donors (Lipinski definition) is 1. The summed E-state index contributed by atoms with van der Waals surface area (Å²) in [4.78, 5) is 20.0. The van der Waals surface area contributed by atoms with Crippen molar-refractivity contribution in [2.45, 2.75) is 58.0 Å². The third-order valence-corrected chi connectivity index (χ3v) is 11.5. The van der Waals surface area contributed by atoms with E-state index in [1.54, 1.807) is 24.3 Å². The van der Waals surface area contributed by atoms with Crippen molar-refractivity contribution in [2.24, 2.45) is 5.73 Å². The topological polar surface area (TPSA) is 183 Å². The van der Waals surface area contributed by atoms with Gasteiger partial charge in [0.15, 0.2) is 5.78 Å². The maximum Gasteiger partial charge on any atom is 0.314 e. The molecule has 54 heavy (non-hydrogen) atoms. The summed E-state index contributed by atoms with van der Waals surface area (Å²) in [5, 5.41) is 6.86. The Hall–Kier alpha value is -5.13. The number of Topliss-reactive ketones (excluding diaryl/α,β-unsaturated/α-hetero) is 1. The monoisotopic (exact) mass is 779 g/mol. The summed E-state index contributed by atoms with van der Waals surface area (Å²) in [6.45, 7) is 0.0876. The molecule has 0 aliphatic heterocycles. The first-order chi connectivity index (χ1) is 25.7. The fourth-order valence-corrected chi connectivity index (χ4v) is 8.13. The Morgan fingerprint density at radius 2 is 1.26 bits per heavy atom. The summed E-state index contributed by atoms with van der Waals surface area (Å²) in [5.41, 5.74) is 13.4. The average molecular weight is 780 g/mol. The Bertz CT molecular complexity index is 2360. The molecule has 5 aromatic rings. The van der Waals surface area contributed by atoms with Crippen molar-refractivity contribution in [3.8, 4) is 11.5 Å². The standard InChI is InChI=1S/C19H18F2N4O3S.C18H21N3O3S/c1-29(26,27)25(16-8-6-12-3-2-4-13(12)9-16)11-15-7-5-14(10-22-15)18-23-24-19(28-18)17(20)21;1-25(23,24)21(17-8-6-13-3-2-4-14(13)9-17)12-16-7-5-15(11-20-16)18(22)10-19/h5-10,17H,2-4,11H2,1H3;5-9,11H,2-4,10,12,19H2,1H3. The van der Waals surface area contributed by atoms with Crippen LogP contribution in [0.5, 0.6) is 0 Å². The van der Waals surface area contributed by atoms with Crippen LogP contribution in [0.15, 0.2) is 77.5 Å². The van der Waals surface area contributed by atoms with Gasteiger partial charge in [-0.05, 0) is 109 Å². The SMILES string of the molecule is CS(=O)(=O)N(Cc1ccc(-c2nnc(C(F)F)o2)cn1)c1ccc2c(c1)CCC2.CS(=O)(=O)N(Cc1ccc(C(=O)CN)cn1)c1ccc2c(c1)CCC2. The van der Waals surface area contributed by atoms with Gasteiger partial charge in [-0.3, -0.25) is 23.4 Å². The van der Waals surface area contributed by atoms with E-state index in [2.05, 4.69) is 20.2 Å². The van der Waals surface area contributed by atoms with Gasteiger partial charge >= 0.3 is 6.43 Å². The molecule has 0 bridgehead atoms. The third kappa shape index (κ3) is 9.14. The van der Waals surface area contributed by atoms with Gasteiger partial charge in [0.25, 0.3) is 5.89 Å². The number of ketones is 1. The quantitative estimate of drug-likeness (QED) is 0.164. The maximum atomic E-state index is 12.6. The molecule has 0 fully saturated rings. The summed E-state index contributed by atoms with van der Waals surface area (Å²) < 4.78 is 82.1. The van der Waals surface area contributed by atoms with Crippen LogP contribution in [0.2, 0.25) is 0 Å². The van der Waals surface area contributed by atoms with Gasteiger partial charge < -0.3 is 10.2 Å². The van der Waals surface area contributed by atoms with E-state index in [-0.39, 0.29) is 31.3 Å². The van der Waals surface area contributed by atoms with Crippen molar-refractivity contribution in [2.75, 3.05) is 27.7 Å². The zero-order valence-corrected chi connectivity index (χ0v) is 31.3. The molecule has 0 radical (unpaired) electrons. The first-order valence-corrected chi connectivity index (χ1v) is 20.8. The maximum absolute atomic E-state index is 12.6. The van der Waals surface area contributed by atoms with Gasteiger partial charge in [-0.25, -0.2) is 16.8 Å². The van der Waals surface area contributed by atoms with Gasteiger partial charge in [0, 0.05) is 18.0 Å². The number of benzene rings is 2. The van der Waals surface area contributed by atoms with Crippen molar-refractivity contribution in [3.63, 3.8) is 0 Å². The molecule has 2 aliphatic rings. The van der Waals surface area contributed by atoms with Gasteiger partial charge in [0.2, 0.25) is 25.9 Å². The molecule has 0 saturated carbocycles. The van der Waals surface area contributed by atoms with Gasteiger partial charge in [-0.2, -0.15) is 8.78 Å². The van der Waals surface area contributed by atoms with Crippen molar-refractivity contribution >= 4 is 37.2 Å². The number of hydrogen-bond acceptors (Lipinski definition) is 11. The minimum Gasteiger partial charge on any atom is -0.415 e. The second-order valence-corrected chi connectivity index (χ2v) is 16.9. The number of nitrogens with zero attached hydrogens (tertiary/aromatic N) is 6. The van der Waals surface area contributed by atoms with E-state index in [0.29, 0.717) is 33.9 Å². The minimum absolute atomic E-state index is 0.0457. The molecule has 0 amide bonds. The summed E-state index contributed by atoms with van der Waals surface area (Å²) in [6.07, 6.45) is 8.49. The van der Waals surface area contributed by atoms with Gasteiger partial charge in [0.1, 0.15) is 0 Å². The van der Waals surface area contributed by atoms with Crippen LogP contribution < -0.4 is 14.3 Å². The lowest BCUT2D eigenvalue weighted by Crippen LogP contribution is -2.29. The number of rotatable bonds is 12. The first-order valence-electron chi connectivity index (χ1n) is 17.1. The second-order valence-electron chi connectivity index (χ2n) is 13.1. The predicted molar refractivity (Wildman–Crippen MR) is 199 cm³/mol. The molecule has 3 heterocycles. The molecule has 13 nitrogen and oxygen atoms in total. The highest BCUT2D eigenvalue weighted by atomic mass is 32.2. The van der Waals surface area contributed by atoms with E-state index in [0.717, 1.165) is 44.8 Å². The Morgan fingerprint density at radius 1 is 0.741 bits per heavy atom. The van der Waals surface area contributed by atoms with E-state index in [1.165, 1.54) is 49.5 Å². The van der Waals surface area contributed by atoms with Crippen LogP contribution in [0.1, 0.15) is 69.2 Å². The molecule has 0 saturated heterocycles. The van der Waals surface area contributed by atoms with Crippen molar-refractivity contribution in [1.29, 1.82) is 0 Å². The number of nitrogens with two attached hydrogens (primary N) is 1. The van der Waals surface area contributed by atoms with Crippen LogP contribution in [0.3, 0.4) is 0 Å². The highest BCUT2D eigenvalue weighted by molar-refractivity contribution is 7.92. The van der Waals surface area contributed by atoms with Crippen LogP contribution in [-0.4, -0.2) is 61.8 Å². The third-order valence-electron chi connectivity index (χ3n) is 9.18. The summed E-state index contributed by atoms with van der Waals surface area (Å²) in [5.74, 6) is -1.03. The fourth-order valence-electron chi connectivity index (χ4n) is 6.41. The molecular weight excluding hydrogens is 741 g/mol. The van der Waals surface area contributed by atoms with E-state index in [1.807, 2.05) is 36.4 Å². The number of fused-ring (bicyclic) bond motifs is 2. The van der Waals surface area contributed by atoms with E-state index in [9.17, 15) is 30.4 Å². The van der Waals surface area contributed by atoms with Crippen LogP contribution in [0.4, 0.5) is 20.2 Å². The Balaban J connectivity index is 0.000000186. The molecule has 2 N–H and O–H groups in total. The number of carbonyl (C=O) groups is 1. The zero-order chi connectivity index (χ0) is 38.6. The van der Waals surface area contributed by atoms with Gasteiger partial charge in [-0.1, -0.05) is 12.1 Å². The molecule has 284 valence electrons. The Labute approximate surface area is 312 Å². The molecule has 0 atom stereocenters. The van der Waals surface area contributed by atoms with E-state index in [4.69, 9.17) is 10.2 Å². The molecule has 2 aromatic carbocycles. The molecule has 2 aliphatic carbocycles. The van der Waals surface area contributed by atoms with Crippen LogP contribution in [-0.2, 0) is 58.8 Å². The minimum atomic E-state index is -3.53. The summed E-state index contributed by atoms with van der Waals surface area (Å²) in [6, 6.07) is 18.0. The molecule has 0 spiro atoms. The van der Waals surface area contributed by atoms with Crippen molar-refractivity contribution in [3.05, 3.63) is 118 Å². The van der Waals surface area contributed by atoms with Crippen molar-refractivity contribution < 1.29 is 34.8 Å². The highest BCUT2D eigenvalue weighted by Gasteiger charge is 2.23. The number of anilines is 2. The smallest absolute Gasteiger partial charge is 0.314 e. The zero-order valence-electron chi connectivity index (χ0n) is 29.7. The van der Waals surface area contributed by atoms with Crippen molar-refractivity contribution in [1.82, 2.24) is 20.2 Å². The lowest BCUT2D eigenvalue weighted by molar-refractivity contribution is 0.100. The molecular formula is C37H39F2N7O6S2. The summed E-state index contributed by atoms with van der Waals surface area (Å²) >= 11 is 0. The molecule has 7 rings (SSSR count). The number of aryl methyl sites for hydroxylation is 4. The lowest BCUT2D eigenvalue weighted by Gasteiger charge is -2.23. The fraction of sp³-hybridized carbons (Fsp3) is 0.324. The van der Waals surface area contributed by atoms with Gasteiger partial charge in [0.05, 0.1) is 60.5 Å². The highest BCUT2D eigenvalue weighted by Crippen LogP contribution is 2.31. The lowest BCUT2D eigenvalue weighted by atomic mass is 10.1. The van der Waals surface area contributed by atoms with E-state index < -0.39 is 32.4 Å². The largest absolute Gasteiger partial charge is 0.415 e. The molecule has 3 aromatic heterocycles. The average Bonchev–Trinajstić information content (AvgIpc) is 3.93. The number of sulfonamides is 2. The van der Waals surface area contributed by atoms with Gasteiger partial charge in [-0.15, -0.1) is 10.2 Å². The number of alkyl halides is 2. The first kappa shape index (κ1) is 38.6. The normalized spacial score (nSPS) is 13.6. The van der Waals surface area contributed by atoms with Crippen LogP contribution in [0, 0.1) is 0 Å². The second kappa shape index (κ2) is 16.1. The number of halogens is 2. The molecule has 0 unspecified atom stereocenters. The Morgan fingerprint density at radius 3 is 1.69 bits per heavy atom.